The number of non-ortho nitro benzene ring substituents is 1. The fourth-order valence-corrected chi connectivity index (χ4v) is 2.67. The quantitative estimate of drug-likeness (QED) is 0.375. The van der Waals surface area contributed by atoms with Crippen LogP contribution in [0, 0.1) is 10.1 Å². The Morgan fingerprint density at radius 3 is 2.73 bits per heavy atom. The van der Waals surface area contributed by atoms with Gasteiger partial charge in [-0.1, -0.05) is 23.7 Å². The summed E-state index contributed by atoms with van der Waals surface area (Å²) >= 11 is 7.21. The summed E-state index contributed by atoms with van der Waals surface area (Å²) in [6.07, 6.45) is 0. The van der Waals surface area contributed by atoms with Crippen LogP contribution in [0.1, 0.15) is 0 Å². The van der Waals surface area contributed by atoms with E-state index in [1.165, 1.54) is 11.8 Å². The molecule has 0 heterocycles. The van der Waals surface area contributed by atoms with E-state index in [0.717, 1.165) is 23.1 Å². The lowest BCUT2D eigenvalue weighted by atomic mass is 10.2. The van der Waals surface area contributed by atoms with Gasteiger partial charge < -0.3 is 10.4 Å². The number of rotatable bonds is 5. The molecule has 0 saturated carbocycles. The van der Waals surface area contributed by atoms with Gasteiger partial charge in [0.1, 0.15) is 5.75 Å². The van der Waals surface area contributed by atoms with Crippen molar-refractivity contribution < 1.29 is 14.8 Å². The zero-order valence-corrected chi connectivity index (χ0v) is 12.7. The van der Waals surface area contributed by atoms with Crippen molar-refractivity contribution in [1.29, 1.82) is 0 Å². The lowest BCUT2D eigenvalue weighted by molar-refractivity contribution is -0.384. The predicted octanol–water partition coefficient (Wildman–Crippen LogP) is 3.68. The van der Waals surface area contributed by atoms with Crippen molar-refractivity contribution in [2.45, 2.75) is 4.90 Å². The molecule has 114 valence electrons. The van der Waals surface area contributed by atoms with Crippen molar-refractivity contribution in [2.24, 2.45) is 0 Å². The lowest BCUT2D eigenvalue weighted by Crippen LogP contribution is -2.14. The minimum atomic E-state index is -0.604. The summed E-state index contributed by atoms with van der Waals surface area (Å²) in [6.45, 7) is 0. The van der Waals surface area contributed by atoms with E-state index in [-0.39, 0.29) is 22.9 Å². The van der Waals surface area contributed by atoms with Gasteiger partial charge in [-0.2, -0.15) is 0 Å². The summed E-state index contributed by atoms with van der Waals surface area (Å²) < 4.78 is 0. The number of nitrogens with one attached hydrogen (secondary N) is 1. The van der Waals surface area contributed by atoms with Crippen LogP contribution >= 0.6 is 23.4 Å². The molecular weight excluding hydrogens is 328 g/mol. The van der Waals surface area contributed by atoms with E-state index < -0.39 is 10.8 Å². The van der Waals surface area contributed by atoms with Crippen molar-refractivity contribution in [3.8, 4) is 5.75 Å². The third-order valence-corrected chi connectivity index (χ3v) is 4.18. The molecule has 0 radical (unpaired) electrons. The first-order valence-corrected chi connectivity index (χ1v) is 7.48. The van der Waals surface area contributed by atoms with Gasteiger partial charge in [-0.3, -0.25) is 14.9 Å². The summed E-state index contributed by atoms with van der Waals surface area (Å²) in [4.78, 5) is 22.7. The molecule has 2 N–H and O–H groups in total. The number of amides is 1. The molecule has 1 amide bonds. The van der Waals surface area contributed by atoms with Crippen LogP contribution in [0.25, 0.3) is 0 Å². The Bertz CT molecular complexity index is 724. The number of carbonyl (C=O) groups excluding carboxylic acids is 1. The fraction of sp³-hybridized carbons (Fsp3) is 0.0714. The van der Waals surface area contributed by atoms with E-state index in [9.17, 15) is 20.0 Å². The second-order valence-corrected chi connectivity index (χ2v) is 5.65. The Balaban J connectivity index is 2.02. The van der Waals surface area contributed by atoms with Gasteiger partial charge in [0, 0.05) is 17.0 Å². The van der Waals surface area contributed by atoms with Crippen LogP contribution in [0.5, 0.6) is 5.75 Å². The first kappa shape index (κ1) is 16.1. The number of hydrogen-bond acceptors (Lipinski definition) is 5. The van der Waals surface area contributed by atoms with E-state index in [0.29, 0.717) is 5.02 Å². The Hall–Kier alpha value is -2.25. The molecule has 6 nitrogen and oxygen atoms in total. The molecule has 0 aromatic heterocycles. The van der Waals surface area contributed by atoms with Gasteiger partial charge in [0.2, 0.25) is 5.91 Å². The molecule has 2 aromatic carbocycles. The Morgan fingerprint density at radius 2 is 2.05 bits per heavy atom. The number of halogens is 1. The molecule has 0 aliphatic carbocycles. The topological polar surface area (TPSA) is 92.5 Å². The van der Waals surface area contributed by atoms with Crippen molar-refractivity contribution >= 4 is 40.6 Å². The Kier molecular flexibility index (Phi) is 5.24. The van der Waals surface area contributed by atoms with E-state index in [1.54, 1.807) is 24.3 Å². The molecule has 0 spiro atoms. The maximum Gasteiger partial charge on any atom is 0.271 e. The Morgan fingerprint density at radius 1 is 1.32 bits per heavy atom. The monoisotopic (exact) mass is 338 g/mol. The number of nitro groups is 1. The molecular formula is C14H11ClN2O4S. The zero-order chi connectivity index (χ0) is 16.1. The van der Waals surface area contributed by atoms with E-state index in [1.807, 2.05) is 0 Å². The minimum absolute atomic E-state index is 0.000964. The fourth-order valence-electron chi connectivity index (χ4n) is 1.63. The highest BCUT2D eigenvalue weighted by Gasteiger charge is 2.13. The molecule has 0 fully saturated rings. The number of hydrogen-bond donors (Lipinski definition) is 2. The number of phenolic OH excluding ortho intramolecular Hbond substituents is 1. The van der Waals surface area contributed by atoms with Gasteiger partial charge in [0.25, 0.3) is 5.69 Å². The van der Waals surface area contributed by atoms with Crippen LogP contribution in [0.2, 0.25) is 5.02 Å². The van der Waals surface area contributed by atoms with Gasteiger partial charge in [-0.05, 0) is 18.2 Å². The van der Waals surface area contributed by atoms with Gasteiger partial charge >= 0.3 is 0 Å². The standard InChI is InChI=1S/C14H11ClN2O4S/c15-10-3-1-2-4-13(10)22-8-14(19)16-11-7-9(17(20)21)5-6-12(11)18/h1-7,18H,8H2,(H,16,19). The number of phenols is 1. The van der Waals surface area contributed by atoms with Crippen LogP contribution in [-0.4, -0.2) is 21.7 Å². The van der Waals surface area contributed by atoms with Gasteiger partial charge in [-0.15, -0.1) is 11.8 Å². The maximum absolute atomic E-state index is 11.9. The molecule has 0 unspecified atom stereocenters. The van der Waals surface area contributed by atoms with Crippen LogP contribution in [-0.2, 0) is 4.79 Å². The van der Waals surface area contributed by atoms with Gasteiger partial charge in [-0.25, -0.2) is 0 Å². The minimum Gasteiger partial charge on any atom is -0.506 e. The SMILES string of the molecule is O=C(CSc1ccccc1Cl)Nc1cc([N+](=O)[O-])ccc1O. The molecule has 2 aromatic rings. The molecule has 0 aliphatic heterocycles. The number of aromatic hydroxyl groups is 1. The van der Waals surface area contributed by atoms with Gasteiger partial charge in [0.15, 0.2) is 0 Å². The highest BCUT2D eigenvalue weighted by atomic mass is 35.5. The lowest BCUT2D eigenvalue weighted by Gasteiger charge is -2.07. The summed E-state index contributed by atoms with van der Waals surface area (Å²) in [5.41, 5.74) is -0.217. The number of thioether (sulfide) groups is 1. The average Bonchev–Trinajstić information content (AvgIpc) is 2.48. The molecule has 22 heavy (non-hydrogen) atoms. The number of anilines is 1. The number of carbonyl (C=O) groups is 1. The largest absolute Gasteiger partial charge is 0.506 e. The smallest absolute Gasteiger partial charge is 0.271 e. The van der Waals surface area contributed by atoms with Crippen molar-refractivity contribution in [3.63, 3.8) is 0 Å². The molecule has 0 saturated heterocycles. The first-order chi connectivity index (χ1) is 10.5. The third-order valence-electron chi connectivity index (χ3n) is 2.66. The predicted molar refractivity (Wildman–Crippen MR) is 85.6 cm³/mol. The van der Waals surface area contributed by atoms with Crippen molar-refractivity contribution in [2.75, 3.05) is 11.1 Å². The zero-order valence-electron chi connectivity index (χ0n) is 11.2. The van der Waals surface area contributed by atoms with E-state index >= 15 is 0 Å². The number of nitrogens with zero attached hydrogens (tertiary/aromatic N) is 1. The van der Waals surface area contributed by atoms with Crippen LogP contribution in [0.4, 0.5) is 11.4 Å². The summed E-state index contributed by atoms with van der Waals surface area (Å²) in [5, 5.41) is 23.3. The molecule has 2 rings (SSSR count). The normalized spacial score (nSPS) is 10.2. The second-order valence-electron chi connectivity index (χ2n) is 4.23. The Labute approximate surface area is 135 Å². The summed E-state index contributed by atoms with van der Waals surface area (Å²) in [5.74, 6) is -0.575. The third kappa shape index (κ3) is 4.12. The van der Waals surface area contributed by atoms with E-state index in [2.05, 4.69) is 5.32 Å². The van der Waals surface area contributed by atoms with Crippen LogP contribution in [0.3, 0.4) is 0 Å². The number of nitro benzene ring substituents is 1. The summed E-state index contributed by atoms with van der Waals surface area (Å²) in [6, 6.07) is 10.5. The highest BCUT2D eigenvalue weighted by molar-refractivity contribution is 8.00. The molecule has 0 atom stereocenters. The number of benzene rings is 2. The first-order valence-electron chi connectivity index (χ1n) is 6.12. The van der Waals surface area contributed by atoms with Crippen molar-refractivity contribution in [1.82, 2.24) is 0 Å². The van der Waals surface area contributed by atoms with Gasteiger partial charge in [0.05, 0.1) is 21.4 Å². The second kappa shape index (κ2) is 7.15. The average molecular weight is 339 g/mol. The summed E-state index contributed by atoms with van der Waals surface area (Å²) in [7, 11) is 0. The molecule has 8 heteroatoms. The van der Waals surface area contributed by atoms with E-state index in [4.69, 9.17) is 11.6 Å². The van der Waals surface area contributed by atoms with Crippen LogP contribution < -0.4 is 5.32 Å². The molecule has 0 aliphatic rings. The maximum atomic E-state index is 11.9. The van der Waals surface area contributed by atoms with Crippen molar-refractivity contribution in [3.05, 3.63) is 57.6 Å². The van der Waals surface area contributed by atoms with Crippen LogP contribution in [0.15, 0.2) is 47.4 Å². The molecule has 0 bridgehead atoms. The highest BCUT2D eigenvalue weighted by Crippen LogP contribution is 2.29.